The largest absolute Gasteiger partial charge is 0.478 e. The highest BCUT2D eigenvalue weighted by molar-refractivity contribution is 5.97. The Morgan fingerprint density at radius 3 is 2.50 bits per heavy atom. The molecule has 1 atom stereocenters. The van der Waals surface area contributed by atoms with E-state index < -0.39 is 12.0 Å². The van der Waals surface area contributed by atoms with Crippen LogP contribution in [0.3, 0.4) is 0 Å². The molecule has 1 aromatic rings. The molecule has 0 saturated heterocycles. The van der Waals surface area contributed by atoms with Crippen LogP contribution in [-0.2, 0) is 4.79 Å². The van der Waals surface area contributed by atoms with E-state index in [0.29, 0.717) is 12.5 Å². The van der Waals surface area contributed by atoms with Crippen LogP contribution in [0.2, 0.25) is 0 Å². The normalized spacial score (nSPS) is 12.0. The molecule has 1 rings (SSSR count). The molecule has 0 aliphatic heterocycles. The smallest absolute Gasteiger partial charge is 0.260 e. The van der Waals surface area contributed by atoms with Gasteiger partial charge in [0.05, 0.1) is 11.3 Å². The van der Waals surface area contributed by atoms with Gasteiger partial charge < -0.3 is 21.5 Å². The SMILES string of the molecule is CC(C)CNC(=O)C(C)Oc1c(N)cccc1C(N)=O. The van der Waals surface area contributed by atoms with E-state index in [1.807, 2.05) is 13.8 Å². The van der Waals surface area contributed by atoms with Gasteiger partial charge in [0.15, 0.2) is 11.9 Å². The number of nitrogen functional groups attached to an aromatic ring is 1. The summed E-state index contributed by atoms with van der Waals surface area (Å²) in [5, 5.41) is 2.75. The molecule has 110 valence electrons. The number of carbonyl (C=O) groups is 2. The van der Waals surface area contributed by atoms with E-state index in [-0.39, 0.29) is 22.9 Å². The number of primary amides is 1. The monoisotopic (exact) mass is 279 g/mol. The summed E-state index contributed by atoms with van der Waals surface area (Å²) in [4.78, 5) is 23.2. The lowest BCUT2D eigenvalue weighted by atomic mass is 10.1. The molecule has 0 fully saturated rings. The average Bonchev–Trinajstić information content (AvgIpc) is 2.37. The second-order valence-electron chi connectivity index (χ2n) is 4.99. The van der Waals surface area contributed by atoms with Crippen LogP contribution >= 0.6 is 0 Å². The molecule has 5 N–H and O–H groups in total. The van der Waals surface area contributed by atoms with E-state index in [9.17, 15) is 9.59 Å². The van der Waals surface area contributed by atoms with Crippen LogP contribution in [0.1, 0.15) is 31.1 Å². The molecule has 0 aliphatic rings. The zero-order chi connectivity index (χ0) is 15.3. The summed E-state index contributed by atoms with van der Waals surface area (Å²) in [6, 6.07) is 4.69. The van der Waals surface area contributed by atoms with Crippen molar-refractivity contribution >= 4 is 17.5 Å². The lowest BCUT2D eigenvalue weighted by Gasteiger charge is -2.18. The summed E-state index contributed by atoms with van der Waals surface area (Å²) in [6.07, 6.45) is -0.767. The molecule has 6 nitrogen and oxygen atoms in total. The Hall–Kier alpha value is -2.24. The topological polar surface area (TPSA) is 107 Å². The van der Waals surface area contributed by atoms with Gasteiger partial charge in [0.1, 0.15) is 0 Å². The summed E-state index contributed by atoms with van der Waals surface area (Å²) in [6.45, 7) is 6.13. The average molecular weight is 279 g/mol. The van der Waals surface area contributed by atoms with Crippen molar-refractivity contribution in [1.82, 2.24) is 5.32 Å². The van der Waals surface area contributed by atoms with Crippen LogP contribution in [0, 0.1) is 5.92 Å². The number of ether oxygens (including phenoxy) is 1. The van der Waals surface area contributed by atoms with Crippen LogP contribution in [-0.4, -0.2) is 24.5 Å². The van der Waals surface area contributed by atoms with Crippen molar-refractivity contribution in [3.63, 3.8) is 0 Å². The van der Waals surface area contributed by atoms with Crippen LogP contribution in [0.25, 0.3) is 0 Å². The third kappa shape index (κ3) is 4.15. The van der Waals surface area contributed by atoms with E-state index >= 15 is 0 Å². The molecule has 0 saturated carbocycles. The Balaban J connectivity index is 2.82. The van der Waals surface area contributed by atoms with Gasteiger partial charge in [-0.05, 0) is 25.0 Å². The van der Waals surface area contributed by atoms with Crippen molar-refractivity contribution < 1.29 is 14.3 Å². The Bertz CT molecular complexity index is 500. The fourth-order valence-electron chi connectivity index (χ4n) is 1.56. The number of para-hydroxylation sites is 1. The predicted molar refractivity (Wildman–Crippen MR) is 77.3 cm³/mol. The van der Waals surface area contributed by atoms with Crippen molar-refractivity contribution in [2.24, 2.45) is 11.7 Å². The molecule has 2 amide bonds. The van der Waals surface area contributed by atoms with Crippen molar-refractivity contribution in [3.05, 3.63) is 23.8 Å². The number of amides is 2. The van der Waals surface area contributed by atoms with E-state index in [4.69, 9.17) is 16.2 Å². The molecule has 0 heterocycles. The molecule has 0 radical (unpaired) electrons. The summed E-state index contributed by atoms with van der Waals surface area (Å²) in [7, 11) is 0. The van der Waals surface area contributed by atoms with Gasteiger partial charge in [-0.15, -0.1) is 0 Å². The molecule has 0 aliphatic carbocycles. The van der Waals surface area contributed by atoms with Crippen molar-refractivity contribution in [1.29, 1.82) is 0 Å². The molecular weight excluding hydrogens is 258 g/mol. The van der Waals surface area contributed by atoms with E-state index in [1.165, 1.54) is 6.07 Å². The molecule has 20 heavy (non-hydrogen) atoms. The highest BCUT2D eigenvalue weighted by Crippen LogP contribution is 2.27. The second kappa shape index (κ2) is 6.79. The number of rotatable bonds is 6. The maximum absolute atomic E-state index is 11.9. The Morgan fingerprint density at radius 1 is 1.30 bits per heavy atom. The summed E-state index contributed by atoms with van der Waals surface area (Å²) < 4.78 is 5.49. The first-order valence-electron chi connectivity index (χ1n) is 6.45. The molecule has 0 bridgehead atoms. The standard InChI is InChI=1S/C14H21N3O3/c1-8(2)7-17-14(19)9(3)20-12-10(13(16)18)5-4-6-11(12)15/h4-6,8-9H,7,15H2,1-3H3,(H2,16,18)(H,17,19). The van der Waals surface area contributed by atoms with E-state index in [2.05, 4.69) is 5.32 Å². The molecule has 0 spiro atoms. The minimum atomic E-state index is -0.767. The molecule has 1 unspecified atom stereocenters. The molecule has 0 aromatic heterocycles. The van der Waals surface area contributed by atoms with Gasteiger partial charge in [-0.2, -0.15) is 0 Å². The number of nitrogens with two attached hydrogens (primary N) is 2. The Kier molecular flexibility index (Phi) is 5.37. The van der Waals surface area contributed by atoms with Gasteiger partial charge >= 0.3 is 0 Å². The summed E-state index contributed by atoms with van der Waals surface area (Å²) in [5.41, 5.74) is 11.5. The third-order valence-electron chi connectivity index (χ3n) is 2.66. The number of anilines is 1. The van der Waals surface area contributed by atoms with Crippen LogP contribution in [0.15, 0.2) is 18.2 Å². The summed E-state index contributed by atoms with van der Waals surface area (Å²) >= 11 is 0. The van der Waals surface area contributed by atoms with Crippen molar-refractivity contribution in [2.75, 3.05) is 12.3 Å². The van der Waals surface area contributed by atoms with E-state index in [0.717, 1.165) is 0 Å². The Labute approximate surface area is 118 Å². The zero-order valence-corrected chi connectivity index (χ0v) is 12.0. The van der Waals surface area contributed by atoms with Gasteiger partial charge in [0, 0.05) is 6.54 Å². The minimum Gasteiger partial charge on any atom is -0.478 e. The fraction of sp³-hybridized carbons (Fsp3) is 0.429. The zero-order valence-electron chi connectivity index (χ0n) is 12.0. The molecule has 1 aromatic carbocycles. The number of benzene rings is 1. The molecular formula is C14H21N3O3. The third-order valence-corrected chi connectivity index (χ3v) is 2.66. The summed E-state index contributed by atoms with van der Waals surface area (Å²) in [5.74, 6) is -0.430. The minimum absolute atomic E-state index is 0.146. The van der Waals surface area contributed by atoms with E-state index in [1.54, 1.807) is 19.1 Å². The van der Waals surface area contributed by atoms with Gasteiger partial charge in [-0.3, -0.25) is 9.59 Å². The van der Waals surface area contributed by atoms with Crippen LogP contribution in [0.5, 0.6) is 5.75 Å². The second-order valence-corrected chi connectivity index (χ2v) is 4.99. The number of carbonyl (C=O) groups excluding carboxylic acids is 2. The maximum atomic E-state index is 11.9. The van der Waals surface area contributed by atoms with Crippen molar-refractivity contribution in [2.45, 2.75) is 26.9 Å². The first-order valence-corrected chi connectivity index (χ1v) is 6.45. The maximum Gasteiger partial charge on any atom is 0.260 e. The first-order chi connectivity index (χ1) is 9.32. The van der Waals surface area contributed by atoms with Crippen LogP contribution < -0.4 is 21.5 Å². The highest BCUT2D eigenvalue weighted by Gasteiger charge is 2.19. The number of hydrogen-bond acceptors (Lipinski definition) is 4. The lowest BCUT2D eigenvalue weighted by Crippen LogP contribution is -2.38. The highest BCUT2D eigenvalue weighted by atomic mass is 16.5. The van der Waals surface area contributed by atoms with Gasteiger partial charge in [-0.1, -0.05) is 19.9 Å². The van der Waals surface area contributed by atoms with Gasteiger partial charge in [0.2, 0.25) is 0 Å². The lowest BCUT2D eigenvalue weighted by molar-refractivity contribution is -0.127. The predicted octanol–water partition coefficient (Wildman–Crippen LogP) is 0.907. The van der Waals surface area contributed by atoms with Crippen molar-refractivity contribution in [3.8, 4) is 5.75 Å². The first kappa shape index (κ1) is 15.8. The van der Waals surface area contributed by atoms with Crippen LogP contribution in [0.4, 0.5) is 5.69 Å². The molecule has 6 heteroatoms. The number of nitrogens with one attached hydrogen (secondary N) is 1. The number of hydrogen-bond donors (Lipinski definition) is 3. The fourth-order valence-corrected chi connectivity index (χ4v) is 1.56. The van der Waals surface area contributed by atoms with Gasteiger partial charge in [0.25, 0.3) is 11.8 Å². The quantitative estimate of drug-likeness (QED) is 0.672. The Morgan fingerprint density at radius 2 is 1.95 bits per heavy atom. The van der Waals surface area contributed by atoms with Gasteiger partial charge in [-0.25, -0.2) is 0 Å².